The van der Waals surface area contributed by atoms with Gasteiger partial charge in [0.15, 0.2) is 0 Å². The van der Waals surface area contributed by atoms with E-state index in [1.165, 1.54) is 0 Å². The number of halogens is 1. The highest BCUT2D eigenvalue weighted by Crippen LogP contribution is 2.25. The van der Waals surface area contributed by atoms with Crippen LogP contribution in [0.2, 0.25) is 5.15 Å². The van der Waals surface area contributed by atoms with E-state index in [4.69, 9.17) is 16.3 Å². The maximum absolute atomic E-state index is 5.77. The molecule has 0 fully saturated rings. The van der Waals surface area contributed by atoms with E-state index < -0.39 is 0 Å². The van der Waals surface area contributed by atoms with Gasteiger partial charge in [0.25, 0.3) is 0 Å². The Kier molecular flexibility index (Phi) is 2.60. The van der Waals surface area contributed by atoms with Gasteiger partial charge in [-0.25, -0.2) is 4.98 Å². The molecule has 4 nitrogen and oxygen atoms in total. The monoisotopic (exact) mass is 223 g/mol. The zero-order chi connectivity index (χ0) is 10.8. The second-order valence-electron chi connectivity index (χ2n) is 3.26. The van der Waals surface area contributed by atoms with Crippen LogP contribution in [-0.4, -0.2) is 15.2 Å². The molecule has 0 bridgehead atoms. The lowest BCUT2D eigenvalue weighted by Gasteiger charge is -2.04. The molecule has 0 saturated heterocycles. The summed E-state index contributed by atoms with van der Waals surface area (Å²) in [5, 5.41) is 7.18. The average Bonchev–Trinajstić information content (AvgIpc) is 2.58. The van der Waals surface area contributed by atoms with Crippen LogP contribution in [0.25, 0.3) is 0 Å². The van der Waals surface area contributed by atoms with Crippen LogP contribution < -0.4 is 4.74 Å². The second kappa shape index (κ2) is 3.90. The van der Waals surface area contributed by atoms with E-state index in [1.807, 2.05) is 19.9 Å². The zero-order valence-electron chi connectivity index (χ0n) is 8.41. The largest absolute Gasteiger partial charge is 0.437 e. The summed E-state index contributed by atoms with van der Waals surface area (Å²) in [6, 6.07) is 3.48. The van der Waals surface area contributed by atoms with Crippen LogP contribution in [0.3, 0.4) is 0 Å². The van der Waals surface area contributed by atoms with Gasteiger partial charge in [0, 0.05) is 29.6 Å². The zero-order valence-corrected chi connectivity index (χ0v) is 9.17. The number of nitrogens with one attached hydrogen (secondary N) is 1. The molecule has 0 radical (unpaired) electrons. The van der Waals surface area contributed by atoms with Gasteiger partial charge in [-0.2, -0.15) is 0 Å². The average molecular weight is 224 g/mol. The first-order chi connectivity index (χ1) is 7.15. The van der Waals surface area contributed by atoms with E-state index in [0.29, 0.717) is 16.8 Å². The lowest BCUT2D eigenvalue weighted by atomic mass is 10.3. The number of aromatic amines is 1. The van der Waals surface area contributed by atoms with Gasteiger partial charge < -0.3 is 4.74 Å². The summed E-state index contributed by atoms with van der Waals surface area (Å²) >= 11 is 5.77. The fraction of sp³-hybridized carbons (Fsp3) is 0.200. The molecule has 0 aliphatic heterocycles. The molecule has 0 unspecified atom stereocenters. The molecule has 2 rings (SSSR count). The van der Waals surface area contributed by atoms with E-state index in [9.17, 15) is 0 Å². The Morgan fingerprint density at radius 3 is 2.80 bits per heavy atom. The van der Waals surface area contributed by atoms with E-state index >= 15 is 0 Å². The minimum absolute atomic E-state index is 0.405. The number of hydrogen-bond donors (Lipinski definition) is 1. The van der Waals surface area contributed by atoms with Gasteiger partial charge >= 0.3 is 0 Å². The van der Waals surface area contributed by atoms with Crippen molar-refractivity contribution in [2.75, 3.05) is 0 Å². The van der Waals surface area contributed by atoms with Gasteiger partial charge in [0.2, 0.25) is 5.88 Å². The fourth-order valence-corrected chi connectivity index (χ4v) is 1.30. The van der Waals surface area contributed by atoms with Crippen LogP contribution in [0.4, 0.5) is 0 Å². The first-order valence-corrected chi connectivity index (χ1v) is 4.85. The molecule has 2 aromatic heterocycles. The van der Waals surface area contributed by atoms with Gasteiger partial charge in [-0.3, -0.25) is 5.10 Å². The predicted molar refractivity (Wildman–Crippen MR) is 57.4 cm³/mol. The first kappa shape index (κ1) is 9.98. The van der Waals surface area contributed by atoms with Crippen molar-refractivity contribution < 1.29 is 4.74 Å². The number of pyridine rings is 1. The molecule has 5 heteroatoms. The highest BCUT2D eigenvalue weighted by molar-refractivity contribution is 6.29. The number of rotatable bonds is 2. The summed E-state index contributed by atoms with van der Waals surface area (Å²) in [5.41, 5.74) is 1.86. The molecule has 2 heterocycles. The Hall–Kier alpha value is -1.55. The third kappa shape index (κ3) is 2.27. The molecule has 0 amide bonds. The summed E-state index contributed by atoms with van der Waals surface area (Å²) in [7, 11) is 0. The van der Waals surface area contributed by atoms with Crippen molar-refractivity contribution in [1.29, 1.82) is 0 Å². The van der Waals surface area contributed by atoms with Crippen molar-refractivity contribution >= 4 is 11.6 Å². The minimum atomic E-state index is 0.405. The third-order valence-electron chi connectivity index (χ3n) is 1.92. The van der Waals surface area contributed by atoms with Crippen molar-refractivity contribution in [1.82, 2.24) is 15.2 Å². The molecule has 0 aliphatic rings. The van der Waals surface area contributed by atoms with E-state index in [-0.39, 0.29) is 0 Å². The molecule has 0 atom stereocenters. The Balaban J connectivity index is 2.27. The number of hydrogen-bond acceptors (Lipinski definition) is 3. The summed E-state index contributed by atoms with van der Waals surface area (Å²) < 4.78 is 5.54. The molecule has 78 valence electrons. The smallest absolute Gasteiger partial charge is 0.238 e. The van der Waals surface area contributed by atoms with Gasteiger partial charge in [-0.05, 0) is 13.8 Å². The van der Waals surface area contributed by atoms with Crippen LogP contribution in [0.5, 0.6) is 11.6 Å². The first-order valence-electron chi connectivity index (χ1n) is 4.47. The van der Waals surface area contributed by atoms with Gasteiger partial charge in [0.05, 0.1) is 0 Å². The molecule has 15 heavy (non-hydrogen) atoms. The maximum atomic E-state index is 5.77. The van der Waals surface area contributed by atoms with Crippen LogP contribution in [0, 0.1) is 13.8 Å². The number of ether oxygens (including phenoxy) is 1. The Morgan fingerprint density at radius 1 is 1.33 bits per heavy atom. The van der Waals surface area contributed by atoms with Crippen LogP contribution in [0.1, 0.15) is 11.3 Å². The Morgan fingerprint density at radius 2 is 2.13 bits per heavy atom. The van der Waals surface area contributed by atoms with Crippen molar-refractivity contribution in [2.45, 2.75) is 13.8 Å². The number of aromatic nitrogens is 3. The van der Waals surface area contributed by atoms with Crippen molar-refractivity contribution in [2.24, 2.45) is 0 Å². The van der Waals surface area contributed by atoms with Gasteiger partial charge in [-0.15, -0.1) is 5.10 Å². The fourth-order valence-electron chi connectivity index (χ4n) is 1.15. The standard InChI is InChI=1S/C10H10ClN3O/c1-6-5-12-9(11)4-8(6)15-10-3-7(2)13-14-10/h3-5H,1-2H3,(H,13,14). The summed E-state index contributed by atoms with van der Waals surface area (Å²) in [4.78, 5) is 3.94. The number of aryl methyl sites for hydroxylation is 2. The topological polar surface area (TPSA) is 50.8 Å². The molecular weight excluding hydrogens is 214 g/mol. The molecule has 1 N–H and O–H groups in total. The normalized spacial score (nSPS) is 10.3. The molecule has 0 spiro atoms. The quantitative estimate of drug-likeness (QED) is 0.797. The van der Waals surface area contributed by atoms with Gasteiger partial charge in [0.1, 0.15) is 10.9 Å². The molecule has 2 aromatic rings. The maximum Gasteiger partial charge on any atom is 0.238 e. The lowest BCUT2D eigenvalue weighted by molar-refractivity contribution is 0.457. The van der Waals surface area contributed by atoms with E-state index in [2.05, 4.69) is 15.2 Å². The highest BCUT2D eigenvalue weighted by atomic mass is 35.5. The summed E-state index contributed by atoms with van der Waals surface area (Å²) in [5.74, 6) is 1.19. The Labute approximate surface area is 92.3 Å². The number of nitrogens with zero attached hydrogens (tertiary/aromatic N) is 2. The SMILES string of the molecule is Cc1cc(Oc2cc(Cl)ncc2C)n[nH]1. The van der Waals surface area contributed by atoms with Crippen molar-refractivity contribution in [3.63, 3.8) is 0 Å². The number of H-pyrrole nitrogens is 1. The molecule has 0 aliphatic carbocycles. The van der Waals surface area contributed by atoms with Crippen molar-refractivity contribution in [3.05, 3.63) is 34.7 Å². The predicted octanol–water partition coefficient (Wildman–Crippen LogP) is 2.87. The Bertz CT molecular complexity index is 481. The van der Waals surface area contributed by atoms with E-state index in [1.54, 1.807) is 12.3 Å². The summed E-state index contributed by atoms with van der Waals surface area (Å²) in [6.45, 7) is 3.81. The molecule has 0 saturated carbocycles. The summed E-state index contributed by atoms with van der Waals surface area (Å²) in [6.07, 6.45) is 1.66. The lowest BCUT2D eigenvalue weighted by Crippen LogP contribution is -1.89. The third-order valence-corrected chi connectivity index (χ3v) is 2.12. The molecule has 0 aromatic carbocycles. The second-order valence-corrected chi connectivity index (χ2v) is 3.65. The van der Waals surface area contributed by atoms with E-state index in [0.717, 1.165) is 11.3 Å². The van der Waals surface area contributed by atoms with Gasteiger partial charge in [-0.1, -0.05) is 11.6 Å². The molecular formula is C10H10ClN3O. The van der Waals surface area contributed by atoms with Crippen LogP contribution in [0.15, 0.2) is 18.3 Å². The van der Waals surface area contributed by atoms with Crippen LogP contribution in [-0.2, 0) is 0 Å². The van der Waals surface area contributed by atoms with Crippen molar-refractivity contribution in [3.8, 4) is 11.6 Å². The highest BCUT2D eigenvalue weighted by Gasteiger charge is 2.05. The minimum Gasteiger partial charge on any atom is -0.437 e. The van der Waals surface area contributed by atoms with Crippen LogP contribution >= 0.6 is 11.6 Å².